The van der Waals surface area contributed by atoms with Crippen LogP contribution in [0.3, 0.4) is 0 Å². The fourth-order valence-corrected chi connectivity index (χ4v) is 3.81. The maximum absolute atomic E-state index is 4.65. The molecular formula is C14H25N3S. The number of hydrogen-bond donors (Lipinski definition) is 1. The molecule has 1 saturated heterocycles. The van der Waals surface area contributed by atoms with Gasteiger partial charge in [-0.05, 0) is 27.2 Å². The molecule has 0 bridgehead atoms. The molecule has 0 aromatic carbocycles. The van der Waals surface area contributed by atoms with Gasteiger partial charge in [0.25, 0.3) is 0 Å². The third kappa shape index (κ3) is 3.11. The van der Waals surface area contributed by atoms with Crippen LogP contribution in [0.25, 0.3) is 0 Å². The van der Waals surface area contributed by atoms with E-state index in [1.165, 1.54) is 15.6 Å². The number of nitrogens with one attached hydrogen (secondary N) is 1. The predicted octanol–water partition coefficient (Wildman–Crippen LogP) is 2.24. The maximum atomic E-state index is 4.65. The van der Waals surface area contributed by atoms with Gasteiger partial charge in [0.1, 0.15) is 0 Å². The monoisotopic (exact) mass is 267 g/mol. The second-order valence-electron chi connectivity index (χ2n) is 5.70. The first-order valence-electron chi connectivity index (χ1n) is 6.94. The van der Waals surface area contributed by atoms with Gasteiger partial charge in [0.05, 0.1) is 10.7 Å². The molecule has 1 N–H and O–H groups in total. The van der Waals surface area contributed by atoms with Crippen molar-refractivity contribution in [1.29, 1.82) is 0 Å². The summed E-state index contributed by atoms with van der Waals surface area (Å²) in [5.74, 6) is 0. The average Bonchev–Trinajstić information content (AvgIpc) is 2.71. The van der Waals surface area contributed by atoms with Gasteiger partial charge in [0.15, 0.2) is 0 Å². The summed E-state index contributed by atoms with van der Waals surface area (Å²) in [6.07, 6.45) is 2.18. The molecule has 0 atom stereocenters. The molecule has 0 amide bonds. The Morgan fingerprint density at radius 1 is 1.33 bits per heavy atom. The van der Waals surface area contributed by atoms with E-state index in [0.29, 0.717) is 0 Å². The molecule has 0 radical (unpaired) electrons. The Bertz CT molecular complexity index is 392. The Morgan fingerprint density at radius 2 is 2.00 bits per heavy atom. The number of nitrogens with zero attached hydrogens (tertiary/aromatic N) is 2. The number of rotatable bonds is 4. The lowest BCUT2D eigenvalue weighted by atomic mass is 9.95. The van der Waals surface area contributed by atoms with Crippen LogP contribution < -0.4 is 5.32 Å². The molecular weight excluding hydrogens is 242 g/mol. The van der Waals surface area contributed by atoms with Gasteiger partial charge in [-0.15, -0.1) is 11.3 Å². The van der Waals surface area contributed by atoms with Crippen LogP contribution in [0.1, 0.15) is 36.3 Å². The van der Waals surface area contributed by atoms with Crippen LogP contribution in [0.4, 0.5) is 0 Å². The number of aromatic nitrogens is 1. The van der Waals surface area contributed by atoms with Gasteiger partial charge in [-0.25, -0.2) is 4.98 Å². The van der Waals surface area contributed by atoms with Crippen molar-refractivity contribution in [2.75, 3.05) is 26.2 Å². The summed E-state index contributed by atoms with van der Waals surface area (Å²) in [6.45, 7) is 13.6. The zero-order valence-corrected chi connectivity index (χ0v) is 12.9. The van der Waals surface area contributed by atoms with Crippen molar-refractivity contribution in [2.45, 2.75) is 46.1 Å². The van der Waals surface area contributed by atoms with Crippen LogP contribution in [0.5, 0.6) is 0 Å². The summed E-state index contributed by atoms with van der Waals surface area (Å²) >= 11 is 1.90. The molecule has 1 aliphatic heterocycles. The number of hydrogen-bond acceptors (Lipinski definition) is 4. The Balaban J connectivity index is 2.07. The molecule has 2 rings (SSSR count). The molecule has 1 aromatic heterocycles. The lowest BCUT2D eigenvalue weighted by Gasteiger charge is -2.41. The van der Waals surface area contributed by atoms with Gasteiger partial charge in [-0.3, -0.25) is 4.90 Å². The van der Waals surface area contributed by atoms with Gasteiger partial charge in [-0.1, -0.05) is 6.92 Å². The van der Waals surface area contributed by atoms with E-state index in [0.717, 1.165) is 39.0 Å². The van der Waals surface area contributed by atoms with Crippen molar-refractivity contribution in [3.63, 3.8) is 0 Å². The summed E-state index contributed by atoms with van der Waals surface area (Å²) in [5.41, 5.74) is 1.48. The van der Waals surface area contributed by atoms with Gasteiger partial charge in [0, 0.05) is 43.0 Å². The first-order valence-corrected chi connectivity index (χ1v) is 7.75. The third-order valence-electron chi connectivity index (χ3n) is 3.81. The molecule has 1 fully saturated rings. The van der Waals surface area contributed by atoms with Crippen molar-refractivity contribution in [1.82, 2.24) is 15.2 Å². The first-order chi connectivity index (χ1) is 8.53. The molecule has 0 saturated carbocycles. The summed E-state index contributed by atoms with van der Waals surface area (Å²) in [4.78, 5) is 8.72. The van der Waals surface area contributed by atoms with Gasteiger partial charge in [0.2, 0.25) is 0 Å². The normalized spacial score (nSPS) is 18.2. The van der Waals surface area contributed by atoms with Crippen LogP contribution in [0, 0.1) is 6.92 Å². The van der Waals surface area contributed by atoms with Crippen LogP contribution in [0.15, 0.2) is 0 Å². The molecule has 18 heavy (non-hydrogen) atoms. The largest absolute Gasteiger partial charge is 0.314 e. The molecule has 1 aliphatic rings. The lowest BCUT2D eigenvalue weighted by Crippen LogP contribution is -2.54. The summed E-state index contributed by atoms with van der Waals surface area (Å²) in [7, 11) is 0. The fourth-order valence-electron chi connectivity index (χ4n) is 2.58. The van der Waals surface area contributed by atoms with Crippen molar-refractivity contribution < 1.29 is 0 Å². The maximum Gasteiger partial charge on any atom is 0.0928 e. The highest BCUT2D eigenvalue weighted by Gasteiger charge is 2.29. The molecule has 0 spiro atoms. The van der Waals surface area contributed by atoms with Gasteiger partial charge < -0.3 is 5.32 Å². The molecule has 0 unspecified atom stereocenters. The third-order valence-corrected chi connectivity index (χ3v) is 5.11. The average molecular weight is 267 g/mol. The Kier molecular flexibility index (Phi) is 4.41. The van der Waals surface area contributed by atoms with Crippen LogP contribution in [-0.4, -0.2) is 41.6 Å². The van der Waals surface area contributed by atoms with Crippen molar-refractivity contribution in [3.05, 3.63) is 15.6 Å². The van der Waals surface area contributed by atoms with E-state index >= 15 is 0 Å². The number of aryl methyl sites for hydroxylation is 2. The predicted molar refractivity (Wildman–Crippen MR) is 78.5 cm³/mol. The SMILES string of the molecule is CCc1nc(C)c(CC(C)(C)N2CCNCC2)s1. The van der Waals surface area contributed by atoms with E-state index < -0.39 is 0 Å². The number of piperazine rings is 1. The number of thiazole rings is 1. The highest BCUT2D eigenvalue weighted by Crippen LogP contribution is 2.27. The van der Waals surface area contributed by atoms with E-state index in [-0.39, 0.29) is 5.54 Å². The summed E-state index contributed by atoms with van der Waals surface area (Å²) in [5, 5.41) is 4.70. The van der Waals surface area contributed by atoms with Crippen LogP contribution in [0.2, 0.25) is 0 Å². The van der Waals surface area contributed by atoms with E-state index in [1.807, 2.05) is 11.3 Å². The Morgan fingerprint density at radius 3 is 2.56 bits per heavy atom. The van der Waals surface area contributed by atoms with E-state index in [1.54, 1.807) is 0 Å². The zero-order valence-electron chi connectivity index (χ0n) is 12.0. The van der Waals surface area contributed by atoms with Crippen LogP contribution in [-0.2, 0) is 12.8 Å². The van der Waals surface area contributed by atoms with Crippen molar-refractivity contribution in [3.8, 4) is 0 Å². The highest BCUT2D eigenvalue weighted by atomic mass is 32.1. The molecule has 0 aliphatic carbocycles. The highest BCUT2D eigenvalue weighted by molar-refractivity contribution is 7.11. The minimum absolute atomic E-state index is 0.240. The Labute approximate surface area is 115 Å². The van der Waals surface area contributed by atoms with Gasteiger partial charge in [-0.2, -0.15) is 0 Å². The van der Waals surface area contributed by atoms with Crippen LogP contribution >= 0.6 is 11.3 Å². The minimum atomic E-state index is 0.240. The molecule has 3 nitrogen and oxygen atoms in total. The summed E-state index contributed by atoms with van der Waals surface area (Å²) in [6, 6.07) is 0. The lowest BCUT2D eigenvalue weighted by molar-refractivity contribution is 0.104. The smallest absolute Gasteiger partial charge is 0.0928 e. The quantitative estimate of drug-likeness (QED) is 0.907. The van der Waals surface area contributed by atoms with Gasteiger partial charge >= 0.3 is 0 Å². The van der Waals surface area contributed by atoms with Crippen molar-refractivity contribution >= 4 is 11.3 Å². The zero-order chi connectivity index (χ0) is 13.2. The second-order valence-corrected chi connectivity index (χ2v) is 6.86. The fraction of sp³-hybridized carbons (Fsp3) is 0.786. The molecule has 2 heterocycles. The Hall–Kier alpha value is -0.450. The van der Waals surface area contributed by atoms with Crippen molar-refractivity contribution in [2.24, 2.45) is 0 Å². The first kappa shape index (κ1) is 14.0. The standard InChI is InChI=1S/C14H25N3S/c1-5-13-16-11(2)12(18-13)10-14(3,4)17-8-6-15-7-9-17/h15H,5-10H2,1-4H3. The van der Waals surface area contributed by atoms with E-state index in [4.69, 9.17) is 0 Å². The van der Waals surface area contributed by atoms with E-state index in [9.17, 15) is 0 Å². The van der Waals surface area contributed by atoms with E-state index in [2.05, 4.69) is 42.9 Å². The minimum Gasteiger partial charge on any atom is -0.314 e. The second kappa shape index (κ2) is 5.68. The molecule has 1 aromatic rings. The molecule has 4 heteroatoms. The topological polar surface area (TPSA) is 28.2 Å². The summed E-state index contributed by atoms with van der Waals surface area (Å²) < 4.78 is 0. The molecule has 102 valence electrons.